The Morgan fingerprint density at radius 3 is 2.22 bits per heavy atom. The summed E-state index contributed by atoms with van der Waals surface area (Å²) < 4.78 is 0. The zero-order valence-electron chi connectivity index (χ0n) is 4.28. The molecule has 9 heavy (non-hydrogen) atoms. The van der Waals surface area contributed by atoms with Crippen LogP contribution in [0.4, 0.5) is 0 Å². The average molecular weight is 147 g/mol. The van der Waals surface area contributed by atoms with Crippen LogP contribution in [0.2, 0.25) is 0 Å². The van der Waals surface area contributed by atoms with Crippen molar-refractivity contribution in [1.82, 2.24) is 0 Å². The van der Waals surface area contributed by atoms with Crippen molar-refractivity contribution in [3.8, 4) is 0 Å². The lowest BCUT2D eigenvalue weighted by molar-refractivity contribution is -0.139. The van der Waals surface area contributed by atoms with Crippen LogP contribution in [0, 0.1) is 0 Å². The molecule has 0 saturated carbocycles. The minimum Gasteiger partial charge on any atom is -0.477 e. The molecular weight excluding hydrogens is 144 g/mol. The predicted octanol–water partition coefficient (Wildman–Crippen LogP) is 0.119. The first-order valence-corrected chi connectivity index (χ1v) is 2.54. The van der Waals surface area contributed by atoms with Gasteiger partial charge in [0.15, 0.2) is 0 Å². The molecule has 1 heterocycles. The molecule has 0 fully saturated rings. The summed E-state index contributed by atoms with van der Waals surface area (Å²) in [6, 6.07) is 0. The standard InChI is InChI=1S/C4H3ClN2O2/c5-4(3(8)9)6-1-2-7-4/h1-2H,(H,8,9). The Balaban J connectivity index is 2.88. The van der Waals surface area contributed by atoms with Gasteiger partial charge in [-0.3, -0.25) is 0 Å². The van der Waals surface area contributed by atoms with E-state index in [0.29, 0.717) is 0 Å². The molecule has 0 spiro atoms. The summed E-state index contributed by atoms with van der Waals surface area (Å²) in [5, 5.41) is 6.54. The number of nitrogens with zero attached hydrogens (tertiary/aromatic N) is 2. The van der Waals surface area contributed by atoms with E-state index in [9.17, 15) is 4.79 Å². The molecule has 0 atom stereocenters. The third kappa shape index (κ3) is 0.929. The van der Waals surface area contributed by atoms with Gasteiger partial charge in [-0.1, -0.05) is 11.6 Å². The molecule has 0 amide bonds. The molecule has 4 nitrogen and oxygen atoms in total. The van der Waals surface area contributed by atoms with Gasteiger partial charge >= 0.3 is 11.1 Å². The Morgan fingerprint density at radius 1 is 1.56 bits per heavy atom. The number of carbonyl (C=O) groups is 1. The summed E-state index contributed by atoms with van der Waals surface area (Å²) in [4.78, 5) is 16.9. The number of carboxylic acids is 1. The molecule has 0 aromatic heterocycles. The average Bonchev–Trinajstić information content (AvgIpc) is 2.16. The van der Waals surface area contributed by atoms with Gasteiger partial charge in [0, 0.05) is 12.4 Å². The SMILES string of the molecule is O=C(O)C1(Cl)N=CC=N1. The number of aliphatic carboxylic acids is 1. The highest BCUT2D eigenvalue weighted by atomic mass is 35.5. The van der Waals surface area contributed by atoms with E-state index in [1.165, 1.54) is 12.4 Å². The van der Waals surface area contributed by atoms with E-state index in [2.05, 4.69) is 9.98 Å². The summed E-state index contributed by atoms with van der Waals surface area (Å²) >= 11 is 5.31. The van der Waals surface area contributed by atoms with Crippen molar-refractivity contribution in [3.05, 3.63) is 0 Å². The molecule has 48 valence electrons. The van der Waals surface area contributed by atoms with Crippen LogP contribution in [-0.2, 0) is 4.79 Å². The second kappa shape index (κ2) is 1.80. The monoisotopic (exact) mass is 146 g/mol. The minimum atomic E-state index is -1.78. The van der Waals surface area contributed by atoms with E-state index in [4.69, 9.17) is 16.7 Å². The van der Waals surface area contributed by atoms with Crippen LogP contribution in [0.5, 0.6) is 0 Å². The maximum absolute atomic E-state index is 10.2. The Bertz CT molecular complexity index is 187. The van der Waals surface area contributed by atoms with Crippen molar-refractivity contribution < 1.29 is 9.90 Å². The number of carboxylic acid groups (broad SMARTS) is 1. The van der Waals surface area contributed by atoms with Crippen LogP contribution in [0.15, 0.2) is 9.98 Å². The number of hydrogen-bond donors (Lipinski definition) is 1. The fourth-order valence-corrected chi connectivity index (χ4v) is 0.521. The first-order chi connectivity index (χ1) is 4.15. The Kier molecular flexibility index (Phi) is 1.25. The minimum absolute atomic E-state index is 1.25. The van der Waals surface area contributed by atoms with Crippen molar-refractivity contribution in [3.63, 3.8) is 0 Å². The summed E-state index contributed by atoms with van der Waals surface area (Å²) in [7, 11) is 0. The molecule has 1 aliphatic rings. The van der Waals surface area contributed by atoms with Crippen molar-refractivity contribution >= 4 is 30.0 Å². The third-order valence-corrected chi connectivity index (χ3v) is 1.19. The van der Waals surface area contributed by atoms with Gasteiger partial charge in [-0.2, -0.15) is 0 Å². The maximum Gasteiger partial charge on any atom is 0.371 e. The molecule has 0 bridgehead atoms. The van der Waals surface area contributed by atoms with Crippen LogP contribution in [0.1, 0.15) is 0 Å². The van der Waals surface area contributed by atoms with Gasteiger partial charge < -0.3 is 5.11 Å². The molecule has 1 rings (SSSR count). The highest BCUT2D eigenvalue weighted by Crippen LogP contribution is 2.20. The van der Waals surface area contributed by atoms with E-state index in [1.807, 2.05) is 0 Å². The van der Waals surface area contributed by atoms with Gasteiger partial charge in [-0.25, -0.2) is 14.8 Å². The molecular formula is C4H3ClN2O2. The Morgan fingerprint density at radius 2 is 2.00 bits per heavy atom. The van der Waals surface area contributed by atoms with E-state index in [-0.39, 0.29) is 0 Å². The van der Waals surface area contributed by atoms with E-state index < -0.39 is 11.1 Å². The van der Waals surface area contributed by atoms with Gasteiger partial charge in [-0.15, -0.1) is 0 Å². The lowest BCUT2D eigenvalue weighted by atomic mass is 10.5. The number of hydrogen-bond acceptors (Lipinski definition) is 3. The zero-order chi connectivity index (χ0) is 6.91. The highest BCUT2D eigenvalue weighted by Gasteiger charge is 2.35. The molecule has 0 aliphatic carbocycles. The van der Waals surface area contributed by atoms with Gasteiger partial charge in [0.05, 0.1) is 0 Å². The normalized spacial score (nSPS) is 20.6. The molecule has 1 aliphatic heterocycles. The smallest absolute Gasteiger partial charge is 0.371 e. The van der Waals surface area contributed by atoms with Crippen molar-refractivity contribution in [2.24, 2.45) is 9.98 Å². The van der Waals surface area contributed by atoms with Crippen molar-refractivity contribution in [2.45, 2.75) is 5.12 Å². The third-order valence-electron chi connectivity index (χ3n) is 0.830. The topological polar surface area (TPSA) is 62.0 Å². The Labute approximate surface area is 55.9 Å². The zero-order valence-corrected chi connectivity index (χ0v) is 5.04. The largest absolute Gasteiger partial charge is 0.477 e. The van der Waals surface area contributed by atoms with E-state index in [0.717, 1.165) is 0 Å². The van der Waals surface area contributed by atoms with Gasteiger partial charge in [0.2, 0.25) is 0 Å². The molecule has 0 unspecified atom stereocenters. The lowest BCUT2D eigenvalue weighted by Gasteiger charge is -2.05. The van der Waals surface area contributed by atoms with Crippen LogP contribution in [0.25, 0.3) is 0 Å². The number of halogens is 1. The van der Waals surface area contributed by atoms with E-state index in [1.54, 1.807) is 0 Å². The van der Waals surface area contributed by atoms with Crippen LogP contribution in [-0.4, -0.2) is 28.6 Å². The fraction of sp³-hybridized carbons (Fsp3) is 0.250. The summed E-state index contributed by atoms with van der Waals surface area (Å²) in [6.07, 6.45) is 2.50. The molecule has 1 N–H and O–H groups in total. The van der Waals surface area contributed by atoms with Crippen molar-refractivity contribution in [2.75, 3.05) is 0 Å². The second-order valence-corrected chi connectivity index (χ2v) is 1.98. The number of aliphatic imine (C=N–C) groups is 2. The molecule has 0 saturated heterocycles. The fourth-order valence-electron chi connectivity index (χ4n) is 0.408. The lowest BCUT2D eigenvalue weighted by Crippen LogP contribution is -2.25. The molecule has 0 radical (unpaired) electrons. The van der Waals surface area contributed by atoms with Gasteiger partial charge in [-0.05, 0) is 0 Å². The van der Waals surface area contributed by atoms with Crippen molar-refractivity contribution in [1.29, 1.82) is 0 Å². The van der Waals surface area contributed by atoms with Crippen LogP contribution in [0.3, 0.4) is 0 Å². The number of alkyl halides is 1. The van der Waals surface area contributed by atoms with E-state index >= 15 is 0 Å². The predicted molar refractivity (Wildman–Crippen MR) is 33.2 cm³/mol. The number of rotatable bonds is 1. The Hall–Kier alpha value is -0.900. The molecule has 5 heteroatoms. The second-order valence-electron chi connectivity index (χ2n) is 1.45. The first-order valence-electron chi connectivity index (χ1n) is 2.16. The van der Waals surface area contributed by atoms with Crippen LogP contribution < -0.4 is 0 Å². The quantitative estimate of drug-likeness (QED) is 0.422. The van der Waals surface area contributed by atoms with Crippen LogP contribution >= 0.6 is 11.6 Å². The summed E-state index contributed by atoms with van der Waals surface area (Å²) in [5.74, 6) is -1.26. The molecule has 0 aromatic carbocycles. The summed E-state index contributed by atoms with van der Waals surface area (Å²) in [5.41, 5.74) is 0. The first kappa shape index (κ1) is 6.22. The van der Waals surface area contributed by atoms with Gasteiger partial charge in [0.1, 0.15) is 0 Å². The highest BCUT2D eigenvalue weighted by molar-refractivity contribution is 6.37. The molecule has 0 aromatic rings. The van der Waals surface area contributed by atoms with Gasteiger partial charge in [0.25, 0.3) is 0 Å². The maximum atomic E-state index is 10.2. The summed E-state index contributed by atoms with van der Waals surface area (Å²) in [6.45, 7) is 0.